The van der Waals surface area contributed by atoms with Crippen molar-refractivity contribution >= 4 is 34.8 Å². The molecular formula is C12H11Cl2N3. The van der Waals surface area contributed by atoms with Crippen LogP contribution in [-0.2, 0) is 0 Å². The van der Waals surface area contributed by atoms with Crippen molar-refractivity contribution in [2.75, 3.05) is 25.0 Å². The summed E-state index contributed by atoms with van der Waals surface area (Å²) >= 11 is 12.1. The molecule has 17 heavy (non-hydrogen) atoms. The van der Waals surface area contributed by atoms with E-state index in [9.17, 15) is 0 Å². The SMILES string of the molecule is C#CCN1CCN=C1Nc1c(Cl)cccc1Cl. The molecule has 0 saturated carbocycles. The van der Waals surface area contributed by atoms with Gasteiger partial charge >= 0.3 is 0 Å². The predicted molar refractivity (Wildman–Crippen MR) is 72.8 cm³/mol. The van der Waals surface area contributed by atoms with E-state index < -0.39 is 0 Å². The third-order valence-electron chi connectivity index (χ3n) is 2.41. The van der Waals surface area contributed by atoms with Gasteiger partial charge in [0.1, 0.15) is 0 Å². The fourth-order valence-electron chi connectivity index (χ4n) is 1.59. The van der Waals surface area contributed by atoms with Gasteiger partial charge < -0.3 is 10.2 Å². The first-order chi connectivity index (χ1) is 8.22. The Morgan fingerprint density at radius 3 is 2.76 bits per heavy atom. The van der Waals surface area contributed by atoms with Crippen molar-refractivity contribution in [1.82, 2.24) is 4.90 Å². The number of rotatable bonds is 2. The van der Waals surface area contributed by atoms with E-state index in [2.05, 4.69) is 16.2 Å². The molecule has 2 rings (SSSR count). The highest BCUT2D eigenvalue weighted by Gasteiger charge is 2.17. The largest absolute Gasteiger partial charge is 0.330 e. The molecule has 1 aromatic carbocycles. The Balaban J connectivity index is 2.19. The zero-order chi connectivity index (χ0) is 12.3. The number of nitrogens with one attached hydrogen (secondary N) is 1. The van der Waals surface area contributed by atoms with Crippen molar-refractivity contribution in [2.24, 2.45) is 4.99 Å². The Morgan fingerprint density at radius 2 is 2.12 bits per heavy atom. The lowest BCUT2D eigenvalue weighted by atomic mass is 10.3. The van der Waals surface area contributed by atoms with Crippen LogP contribution in [0.3, 0.4) is 0 Å². The van der Waals surface area contributed by atoms with Gasteiger partial charge in [0.25, 0.3) is 0 Å². The van der Waals surface area contributed by atoms with Crippen molar-refractivity contribution in [1.29, 1.82) is 0 Å². The highest BCUT2D eigenvalue weighted by atomic mass is 35.5. The molecule has 1 aromatic rings. The van der Waals surface area contributed by atoms with E-state index in [1.54, 1.807) is 18.2 Å². The molecule has 0 amide bonds. The van der Waals surface area contributed by atoms with Crippen molar-refractivity contribution in [3.8, 4) is 12.3 Å². The van der Waals surface area contributed by atoms with Crippen molar-refractivity contribution in [3.63, 3.8) is 0 Å². The molecule has 0 saturated heterocycles. The molecule has 0 aromatic heterocycles. The second kappa shape index (κ2) is 5.31. The minimum atomic E-state index is 0.522. The van der Waals surface area contributed by atoms with Crippen LogP contribution in [-0.4, -0.2) is 30.5 Å². The number of para-hydroxylation sites is 1. The molecule has 0 atom stereocenters. The molecule has 0 unspecified atom stereocenters. The number of hydrogen-bond acceptors (Lipinski definition) is 3. The topological polar surface area (TPSA) is 27.6 Å². The van der Waals surface area contributed by atoms with Gasteiger partial charge in [-0.3, -0.25) is 4.99 Å². The lowest BCUT2D eigenvalue weighted by molar-refractivity contribution is 0.513. The third kappa shape index (κ3) is 2.66. The van der Waals surface area contributed by atoms with Gasteiger partial charge in [-0.05, 0) is 12.1 Å². The maximum Gasteiger partial charge on any atom is 0.199 e. The fraction of sp³-hybridized carbons (Fsp3) is 0.250. The molecular weight excluding hydrogens is 257 g/mol. The zero-order valence-electron chi connectivity index (χ0n) is 9.08. The molecule has 1 aliphatic heterocycles. The summed E-state index contributed by atoms with van der Waals surface area (Å²) in [5, 5.41) is 4.25. The van der Waals surface area contributed by atoms with Crippen LogP contribution >= 0.6 is 23.2 Å². The van der Waals surface area contributed by atoms with E-state index in [1.807, 2.05) is 4.90 Å². The lowest BCUT2D eigenvalue weighted by Crippen LogP contribution is -2.33. The fourth-order valence-corrected chi connectivity index (χ4v) is 2.09. The maximum atomic E-state index is 6.07. The first kappa shape index (κ1) is 12.1. The van der Waals surface area contributed by atoms with Gasteiger partial charge in [0.15, 0.2) is 5.96 Å². The molecule has 0 fully saturated rings. The molecule has 1 heterocycles. The standard InChI is InChI=1S/C12H11Cl2N3/c1-2-7-17-8-6-15-12(17)16-11-9(13)4-3-5-10(11)14/h1,3-5H,6-8H2,(H,15,16). The number of aliphatic imine (C=N–C) groups is 1. The first-order valence-electron chi connectivity index (χ1n) is 5.16. The Bertz CT molecular complexity index is 471. The number of guanidine groups is 1. The van der Waals surface area contributed by atoms with E-state index in [4.69, 9.17) is 29.6 Å². The number of hydrogen-bond donors (Lipinski definition) is 1. The van der Waals surface area contributed by atoms with Crippen molar-refractivity contribution < 1.29 is 0 Å². The van der Waals surface area contributed by atoms with Crippen molar-refractivity contribution in [2.45, 2.75) is 0 Å². The molecule has 0 radical (unpaired) electrons. The van der Waals surface area contributed by atoms with E-state index in [0.717, 1.165) is 19.0 Å². The van der Waals surface area contributed by atoms with Crippen LogP contribution in [0.4, 0.5) is 5.69 Å². The monoisotopic (exact) mass is 267 g/mol. The molecule has 1 aliphatic rings. The Hall–Kier alpha value is -1.37. The Labute approximate surface area is 110 Å². The number of halogens is 2. The smallest absolute Gasteiger partial charge is 0.199 e. The quantitative estimate of drug-likeness (QED) is 0.835. The molecule has 3 nitrogen and oxygen atoms in total. The molecule has 0 aliphatic carbocycles. The number of anilines is 1. The van der Waals surface area contributed by atoms with Crippen LogP contribution in [0.2, 0.25) is 10.0 Å². The van der Waals surface area contributed by atoms with Crippen molar-refractivity contribution in [3.05, 3.63) is 28.2 Å². The Kier molecular flexibility index (Phi) is 3.78. The summed E-state index contributed by atoms with van der Waals surface area (Å²) in [6, 6.07) is 5.35. The van der Waals surface area contributed by atoms with Gasteiger partial charge in [-0.1, -0.05) is 35.2 Å². The van der Waals surface area contributed by atoms with Gasteiger partial charge in [-0.2, -0.15) is 0 Å². The van der Waals surface area contributed by atoms with E-state index in [-0.39, 0.29) is 0 Å². The van der Waals surface area contributed by atoms with Gasteiger partial charge in [0.05, 0.1) is 28.8 Å². The summed E-state index contributed by atoms with van der Waals surface area (Å²) in [7, 11) is 0. The second-order valence-electron chi connectivity index (χ2n) is 3.55. The molecule has 5 heteroatoms. The second-order valence-corrected chi connectivity index (χ2v) is 4.37. The maximum absolute atomic E-state index is 6.07. The van der Waals surface area contributed by atoms with Gasteiger partial charge in [-0.15, -0.1) is 6.42 Å². The highest BCUT2D eigenvalue weighted by molar-refractivity contribution is 6.39. The van der Waals surface area contributed by atoms with E-state index in [0.29, 0.717) is 22.3 Å². The highest BCUT2D eigenvalue weighted by Crippen LogP contribution is 2.30. The summed E-state index contributed by atoms with van der Waals surface area (Å²) in [5.74, 6) is 3.31. The Morgan fingerprint density at radius 1 is 1.41 bits per heavy atom. The molecule has 0 spiro atoms. The summed E-state index contributed by atoms with van der Waals surface area (Å²) in [6.45, 7) is 2.06. The third-order valence-corrected chi connectivity index (χ3v) is 3.04. The first-order valence-corrected chi connectivity index (χ1v) is 5.92. The number of benzene rings is 1. The summed E-state index contributed by atoms with van der Waals surface area (Å²) in [5.41, 5.74) is 0.665. The summed E-state index contributed by atoms with van der Waals surface area (Å²) < 4.78 is 0. The summed E-state index contributed by atoms with van der Waals surface area (Å²) in [6.07, 6.45) is 5.30. The van der Waals surface area contributed by atoms with Gasteiger partial charge in [0, 0.05) is 6.54 Å². The van der Waals surface area contributed by atoms with Crippen LogP contribution in [0.15, 0.2) is 23.2 Å². The molecule has 88 valence electrons. The average Bonchev–Trinajstić information content (AvgIpc) is 2.72. The molecule has 1 N–H and O–H groups in total. The lowest BCUT2D eigenvalue weighted by Gasteiger charge is -2.19. The van der Waals surface area contributed by atoms with E-state index >= 15 is 0 Å². The normalized spacial score (nSPS) is 14.4. The minimum Gasteiger partial charge on any atom is -0.330 e. The van der Waals surface area contributed by atoms with E-state index in [1.165, 1.54) is 0 Å². The van der Waals surface area contributed by atoms with Gasteiger partial charge in [-0.25, -0.2) is 0 Å². The van der Waals surface area contributed by atoms with Crippen LogP contribution < -0.4 is 5.32 Å². The van der Waals surface area contributed by atoms with Gasteiger partial charge in [0.2, 0.25) is 0 Å². The minimum absolute atomic E-state index is 0.522. The number of terminal acetylenes is 1. The zero-order valence-corrected chi connectivity index (χ0v) is 10.6. The average molecular weight is 268 g/mol. The predicted octanol–water partition coefficient (Wildman–Crippen LogP) is 2.71. The van der Waals surface area contributed by atoms with Crippen LogP contribution in [0, 0.1) is 12.3 Å². The number of nitrogens with zero attached hydrogens (tertiary/aromatic N) is 2. The van der Waals surface area contributed by atoms with Crippen LogP contribution in [0.25, 0.3) is 0 Å². The van der Waals surface area contributed by atoms with Crippen LogP contribution in [0.1, 0.15) is 0 Å². The van der Waals surface area contributed by atoms with Crippen LogP contribution in [0.5, 0.6) is 0 Å². The summed E-state index contributed by atoms with van der Waals surface area (Å²) in [4.78, 5) is 6.30. The molecule has 0 bridgehead atoms.